The summed E-state index contributed by atoms with van der Waals surface area (Å²) in [6.45, 7) is 3.76. The van der Waals surface area contributed by atoms with Crippen molar-refractivity contribution in [1.82, 2.24) is 5.32 Å². The van der Waals surface area contributed by atoms with Gasteiger partial charge in [0.05, 0.1) is 24.8 Å². The lowest BCUT2D eigenvalue weighted by molar-refractivity contribution is -0.118. The quantitative estimate of drug-likeness (QED) is 0.793. The van der Waals surface area contributed by atoms with E-state index in [1.165, 1.54) is 18.4 Å². The van der Waals surface area contributed by atoms with Crippen molar-refractivity contribution < 1.29 is 19.1 Å². The summed E-state index contributed by atoms with van der Waals surface area (Å²) in [7, 11) is 3.07. The number of benzene rings is 1. The molecule has 2 aromatic rings. The number of nitrogens with one attached hydrogen (secondary N) is 2. The topological polar surface area (TPSA) is 76.7 Å². The smallest absolute Gasteiger partial charge is 0.262 e. The van der Waals surface area contributed by atoms with Crippen LogP contribution in [0.2, 0.25) is 0 Å². The molecule has 1 aromatic heterocycles. The van der Waals surface area contributed by atoms with Gasteiger partial charge >= 0.3 is 0 Å². The number of anilines is 1. The Balaban J connectivity index is 2.14. The van der Waals surface area contributed by atoms with Crippen LogP contribution in [-0.2, 0) is 4.79 Å². The lowest BCUT2D eigenvalue weighted by atomic mass is 10.0. The fourth-order valence-electron chi connectivity index (χ4n) is 2.27. The molecule has 1 aromatic carbocycles. The van der Waals surface area contributed by atoms with Gasteiger partial charge in [0.25, 0.3) is 5.91 Å². The van der Waals surface area contributed by atoms with E-state index in [0.29, 0.717) is 22.1 Å². The van der Waals surface area contributed by atoms with Crippen molar-refractivity contribution in [3.63, 3.8) is 0 Å². The minimum absolute atomic E-state index is 0.0758. The Morgan fingerprint density at radius 2 is 1.88 bits per heavy atom. The SMILES string of the molecule is COc1ccc(NC(=O)C(NC(=O)c2cccs2)C(C)C)c(OC)c1. The summed E-state index contributed by atoms with van der Waals surface area (Å²) in [5.74, 6) is 0.475. The molecule has 7 heteroatoms. The second-order valence-electron chi connectivity index (χ2n) is 5.73. The van der Waals surface area contributed by atoms with Gasteiger partial charge in [-0.3, -0.25) is 9.59 Å². The summed E-state index contributed by atoms with van der Waals surface area (Å²) >= 11 is 1.33. The van der Waals surface area contributed by atoms with Gasteiger partial charge in [0.15, 0.2) is 0 Å². The average molecular weight is 362 g/mol. The van der Waals surface area contributed by atoms with Crippen LogP contribution in [0.1, 0.15) is 23.5 Å². The van der Waals surface area contributed by atoms with Crippen LogP contribution in [0.15, 0.2) is 35.7 Å². The summed E-state index contributed by atoms with van der Waals surface area (Å²) < 4.78 is 10.4. The van der Waals surface area contributed by atoms with Gasteiger partial charge in [0, 0.05) is 6.07 Å². The monoisotopic (exact) mass is 362 g/mol. The van der Waals surface area contributed by atoms with E-state index in [0.717, 1.165) is 0 Å². The summed E-state index contributed by atoms with van der Waals surface area (Å²) in [6, 6.07) is 7.97. The second kappa shape index (κ2) is 8.53. The first-order valence-corrected chi connectivity index (χ1v) is 8.71. The van der Waals surface area contributed by atoms with Crippen LogP contribution in [0.4, 0.5) is 5.69 Å². The fourth-order valence-corrected chi connectivity index (χ4v) is 2.89. The molecule has 0 radical (unpaired) electrons. The minimum atomic E-state index is -0.665. The third kappa shape index (κ3) is 4.73. The van der Waals surface area contributed by atoms with Gasteiger partial charge in [-0.05, 0) is 29.5 Å². The molecule has 0 aliphatic carbocycles. The molecule has 6 nitrogen and oxygen atoms in total. The van der Waals surface area contributed by atoms with Crippen molar-refractivity contribution in [3.05, 3.63) is 40.6 Å². The summed E-state index contributed by atoms with van der Waals surface area (Å²) in [4.78, 5) is 25.5. The van der Waals surface area contributed by atoms with Crippen molar-refractivity contribution in [2.24, 2.45) is 5.92 Å². The molecule has 0 aliphatic heterocycles. The standard InChI is InChI=1S/C18H22N2O4S/c1-11(2)16(20-17(21)15-6-5-9-25-15)18(22)19-13-8-7-12(23-3)10-14(13)24-4/h5-11,16H,1-4H3,(H,19,22)(H,20,21). The molecule has 0 bridgehead atoms. The molecule has 2 amide bonds. The molecule has 25 heavy (non-hydrogen) atoms. The highest BCUT2D eigenvalue weighted by atomic mass is 32.1. The zero-order chi connectivity index (χ0) is 18.4. The maximum absolute atomic E-state index is 12.7. The van der Waals surface area contributed by atoms with Gasteiger partial charge in [-0.25, -0.2) is 0 Å². The predicted molar refractivity (Wildman–Crippen MR) is 98.6 cm³/mol. The van der Waals surface area contributed by atoms with E-state index in [2.05, 4.69) is 10.6 Å². The third-order valence-corrected chi connectivity index (χ3v) is 4.52. The lowest BCUT2D eigenvalue weighted by Gasteiger charge is -2.22. The highest BCUT2D eigenvalue weighted by Gasteiger charge is 2.25. The van der Waals surface area contributed by atoms with Crippen LogP contribution in [-0.4, -0.2) is 32.1 Å². The summed E-state index contributed by atoms with van der Waals surface area (Å²) in [5, 5.41) is 7.43. The Labute approximate surface area is 151 Å². The Morgan fingerprint density at radius 1 is 1.12 bits per heavy atom. The van der Waals surface area contributed by atoms with Crippen LogP contribution in [0.3, 0.4) is 0 Å². The first-order valence-electron chi connectivity index (χ1n) is 7.83. The largest absolute Gasteiger partial charge is 0.497 e. The van der Waals surface area contributed by atoms with Gasteiger partial charge in [0.2, 0.25) is 5.91 Å². The van der Waals surface area contributed by atoms with Crippen LogP contribution < -0.4 is 20.1 Å². The van der Waals surface area contributed by atoms with E-state index in [9.17, 15) is 9.59 Å². The average Bonchev–Trinajstić information content (AvgIpc) is 3.14. The summed E-state index contributed by atoms with van der Waals surface area (Å²) in [5.41, 5.74) is 0.518. The van der Waals surface area contributed by atoms with E-state index in [1.54, 1.807) is 37.4 Å². The summed E-state index contributed by atoms with van der Waals surface area (Å²) in [6.07, 6.45) is 0. The van der Waals surface area contributed by atoms with Gasteiger partial charge in [-0.15, -0.1) is 11.3 Å². The maximum Gasteiger partial charge on any atom is 0.262 e. The van der Waals surface area contributed by atoms with Crippen LogP contribution in [0.5, 0.6) is 11.5 Å². The fraction of sp³-hybridized carbons (Fsp3) is 0.333. The molecule has 0 spiro atoms. The number of rotatable bonds is 7. The number of thiophene rings is 1. The molecular formula is C18H22N2O4S. The molecule has 2 N–H and O–H groups in total. The molecular weight excluding hydrogens is 340 g/mol. The molecule has 2 rings (SSSR count). The first kappa shape index (κ1) is 18.8. The highest BCUT2D eigenvalue weighted by Crippen LogP contribution is 2.29. The van der Waals surface area contributed by atoms with Gasteiger partial charge in [-0.1, -0.05) is 19.9 Å². The molecule has 0 fully saturated rings. The van der Waals surface area contributed by atoms with Crippen LogP contribution in [0, 0.1) is 5.92 Å². The Bertz CT molecular complexity index is 729. The van der Waals surface area contributed by atoms with Crippen molar-refractivity contribution in [2.45, 2.75) is 19.9 Å². The van der Waals surface area contributed by atoms with E-state index in [-0.39, 0.29) is 17.7 Å². The van der Waals surface area contributed by atoms with Crippen molar-refractivity contribution >= 4 is 28.8 Å². The number of carbonyl (C=O) groups is 2. The Hall–Kier alpha value is -2.54. The number of hydrogen-bond donors (Lipinski definition) is 2. The van der Waals surface area contributed by atoms with Crippen molar-refractivity contribution in [1.29, 1.82) is 0 Å². The van der Waals surface area contributed by atoms with Crippen LogP contribution in [0.25, 0.3) is 0 Å². The molecule has 0 saturated carbocycles. The number of amides is 2. The zero-order valence-electron chi connectivity index (χ0n) is 14.7. The van der Waals surface area contributed by atoms with E-state index >= 15 is 0 Å². The van der Waals surface area contributed by atoms with Crippen molar-refractivity contribution in [2.75, 3.05) is 19.5 Å². The molecule has 0 saturated heterocycles. The number of hydrogen-bond acceptors (Lipinski definition) is 5. The first-order chi connectivity index (χ1) is 12.0. The lowest BCUT2D eigenvalue weighted by Crippen LogP contribution is -2.47. The Morgan fingerprint density at radius 3 is 2.44 bits per heavy atom. The Kier molecular flexibility index (Phi) is 6.41. The van der Waals surface area contributed by atoms with Gasteiger partial charge in [0.1, 0.15) is 17.5 Å². The predicted octanol–water partition coefficient (Wildman–Crippen LogP) is 3.16. The van der Waals surface area contributed by atoms with Crippen molar-refractivity contribution in [3.8, 4) is 11.5 Å². The van der Waals surface area contributed by atoms with E-state index < -0.39 is 6.04 Å². The molecule has 1 atom stereocenters. The highest BCUT2D eigenvalue weighted by molar-refractivity contribution is 7.12. The number of ether oxygens (including phenoxy) is 2. The van der Waals surface area contributed by atoms with Crippen LogP contribution >= 0.6 is 11.3 Å². The number of carbonyl (C=O) groups excluding carboxylic acids is 2. The van der Waals surface area contributed by atoms with Gasteiger partial charge < -0.3 is 20.1 Å². The van der Waals surface area contributed by atoms with Gasteiger partial charge in [-0.2, -0.15) is 0 Å². The molecule has 0 aliphatic rings. The number of methoxy groups -OCH3 is 2. The normalized spacial score (nSPS) is 11.7. The minimum Gasteiger partial charge on any atom is -0.497 e. The molecule has 134 valence electrons. The third-order valence-electron chi connectivity index (χ3n) is 3.65. The zero-order valence-corrected chi connectivity index (χ0v) is 15.5. The second-order valence-corrected chi connectivity index (χ2v) is 6.68. The van der Waals surface area contributed by atoms with E-state index in [4.69, 9.17) is 9.47 Å². The maximum atomic E-state index is 12.7. The molecule has 1 heterocycles. The van der Waals surface area contributed by atoms with E-state index in [1.807, 2.05) is 19.2 Å². The molecule has 1 unspecified atom stereocenters.